The van der Waals surface area contributed by atoms with Gasteiger partial charge in [0.15, 0.2) is 0 Å². The van der Waals surface area contributed by atoms with Crippen LogP contribution < -0.4 is 11.5 Å². The van der Waals surface area contributed by atoms with Crippen LogP contribution >= 0.6 is 0 Å². The van der Waals surface area contributed by atoms with Crippen molar-refractivity contribution in [3.8, 4) is 0 Å². The van der Waals surface area contributed by atoms with Crippen molar-refractivity contribution in [2.75, 3.05) is 18.1 Å². The molecule has 0 bridgehead atoms. The van der Waals surface area contributed by atoms with Crippen LogP contribution in [0, 0.1) is 0 Å². The molecule has 0 atom stereocenters. The van der Waals surface area contributed by atoms with Crippen molar-refractivity contribution in [3.63, 3.8) is 0 Å². The number of rotatable bonds is 3. The molecule has 2 aromatic carbocycles. The lowest BCUT2D eigenvalue weighted by molar-refractivity contribution is -0.163. The second-order valence-electron chi connectivity index (χ2n) is 4.62. The number of para-hydroxylation sites is 2. The maximum Gasteiger partial charge on any atom is 0.417 e. The molecule has 6 nitrogen and oxygen atoms in total. The van der Waals surface area contributed by atoms with Crippen molar-refractivity contribution in [2.45, 2.75) is 19.8 Å². The third-order valence-corrected chi connectivity index (χ3v) is 2.50. The second-order valence-corrected chi connectivity index (χ2v) is 4.62. The first-order valence-corrected chi connectivity index (χ1v) is 7.48. The smallest absolute Gasteiger partial charge is 0.417 e. The van der Waals surface area contributed by atoms with Crippen LogP contribution in [-0.4, -0.2) is 23.7 Å². The molecule has 0 aliphatic carbocycles. The molecule has 0 saturated carbocycles. The Bertz CT molecular complexity index is 537. The number of esters is 1. The standard InChI is InChI=1S/2C6H7N.C6H10O4/c2*7-6-4-2-1-3-5-6;1-2-3-4-10-6(9)5(7)8/h2*1-5H,7H2;2-4H2,1H3,(H,7,8). The molecular formula is C18H24N2O4. The summed E-state index contributed by atoms with van der Waals surface area (Å²) in [5.74, 6) is -2.70. The van der Waals surface area contributed by atoms with Gasteiger partial charge in [0.1, 0.15) is 0 Å². The van der Waals surface area contributed by atoms with E-state index < -0.39 is 11.9 Å². The van der Waals surface area contributed by atoms with E-state index in [4.69, 9.17) is 16.6 Å². The van der Waals surface area contributed by atoms with Crippen molar-refractivity contribution < 1.29 is 19.4 Å². The first kappa shape index (κ1) is 21.0. The first-order valence-electron chi connectivity index (χ1n) is 7.48. The maximum absolute atomic E-state index is 10.2. The van der Waals surface area contributed by atoms with Gasteiger partial charge in [0.25, 0.3) is 0 Å². The molecule has 0 heterocycles. The van der Waals surface area contributed by atoms with Crippen molar-refractivity contribution in [3.05, 3.63) is 60.7 Å². The highest BCUT2D eigenvalue weighted by molar-refractivity contribution is 6.28. The first-order chi connectivity index (χ1) is 11.5. The number of aliphatic carboxylic acids is 1. The number of anilines is 2. The fourth-order valence-electron chi connectivity index (χ4n) is 1.28. The van der Waals surface area contributed by atoms with Crippen molar-refractivity contribution >= 4 is 23.3 Å². The summed E-state index contributed by atoms with van der Waals surface area (Å²) in [7, 11) is 0. The van der Waals surface area contributed by atoms with E-state index in [-0.39, 0.29) is 6.61 Å². The fraction of sp³-hybridized carbons (Fsp3) is 0.222. The second kappa shape index (κ2) is 13.6. The number of nitrogens with two attached hydrogens (primary N) is 2. The Balaban J connectivity index is 0.000000337. The minimum Gasteiger partial charge on any atom is -0.473 e. The Morgan fingerprint density at radius 3 is 1.58 bits per heavy atom. The van der Waals surface area contributed by atoms with Gasteiger partial charge in [0, 0.05) is 11.4 Å². The number of unbranched alkanes of at least 4 members (excludes halogenated alkanes) is 1. The van der Waals surface area contributed by atoms with Crippen LogP contribution in [0.1, 0.15) is 19.8 Å². The third-order valence-electron chi connectivity index (χ3n) is 2.50. The van der Waals surface area contributed by atoms with Crippen LogP contribution in [-0.2, 0) is 14.3 Å². The predicted octanol–water partition coefficient (Wildman–Crippen LogP) is 2.95. The van der Waals surface area contributed by atoms with Gasteiger partial charge < -0.3 is 21.3 Å². The van der Waals surface area contributed by atoms with E-state index in [9.17, 15) is 9.59 Å². The monoisotopic (exact) mass is 332 g/mol. The number of carbonyl (C=O) groups is 2. The molecule has 0 unspecified atom stereocenters. The van der Waals surface area contributed by atoms with Gasteiger partial charge >= 0.3 is 11.9 Å². The Kier molecular flexibility index (Phi) is 11.9. The Hall–Kier alpha value is -3.02. The molecule has 24 heavy (non-hydrogen) atoms. The Morgan fingerprint density at radius 1 is 0.917 bits per heavy atom. The van der Waals surface area contributed by atoms with Gasteiger partial charge in [-0.3, -0.25) is 0 Å². The van der Waals surface area contributed by atoms with E-state index in [2.05, 4.69) is 4.74 Å². The zero-order valence-corrected chi connectivity index (χ0v) is 13.7. The number of ether oxygens (including phenoxy) is 1. The average Bonchev–Trinajstić information content (AvgIpc) is 2.57. The zero-order chi connectivity index (χ0) is 18.2. The third kappa shape index (κ3) is 12.7. The average molecular weight is 332 g/mol. The van der Waals surface area contributed by atoms with Crippen LogP contribution in [0.4, 0.5) is 11.4 Å². The summed E-state index contributed by atoms with van der Waals surface area (Å²) in [6.45, 7) is 2.12. The molecular weight excluding hydrogens is 308 g/mol. The maximum atomic E-state index is 10.2. The molecule has 0 saturated heterocycles. The van der Waals surface area contributed by atoms with E-state index in [0.29, 0.717) is 6.42 Å². The molecule has 0 aliphatic rings. The van der Waals surface area contributed by atoms with Crippen molar-refractivity contribution in [1.29, 1.82) is 0 Å². The topological polar surface area (TPSA) is 116 Å². The van der Waals surface area contributed by atoms with E-state index in [1.807, 2.05) is 67.6 Å². The van der Waals surface area contributed by atoms with Crippen LogP contribution in [0.3, 0.4) is 0 Å². The van der Waals surface area contributed by atoms with E-state index >= 15 is 0 Å². The normalized spacial score (nSPS) is 8.71. The largest absolute Gasteiger partial charge is 0.473 e. The molecule has 0 radical (unpaired) electrons. The SMILES string of the molecule is CCCCOC(=O)C(=O)O.Nc1ccccc1.Nc1ccccc1. The molecule has 2 aromatic rings. The van der Waals surface area contributed by atoms with Gasteiger partial charge in [0.05, 0.1) is 6.61 Å². The van der Waals surface area contributed by atoms with E-state index in [0.717, 1.165) is 17.8 Å². The summed E-state index contributed by atoms with van der Waals surface area (Å²) in [5.41, 5.74) is 12.4. The lowest BCUT2D eigenvalue weighted by atomic mass is 10.3. The predicted molar refractivity (Wildman–Crippen MR) is 95.2 cm³/mol. The summed E-state index contributed by atoms with van der Waals surface area (Å²) in [6, 6.07) is 19.0. The number of hydrogen-bond donors (Lipinski definition) is 3. The number of carboxylic acids is 1. The van der Waals surface area contributed by atoms with Crippen molar-refractivity contribution in [2.24, 2.45) is 0 Å². The number of hydrogen-bond acceptors (Lipinski definition) is 5. The van der Waals surface area contributed by atoms with Crippen LogP contribution in [0.15, 0.2) is 60.7 Å². The van der Waals surface area contributed by atoms with Gasteiger partial charge in [-0.25, -0.2) is 9.59 Å². The minimum atomic E-state index is -1.53. The van der Waals surface area contributed by atoms with Gasteiger partial charge in [-0.2, -0.15) is 0 Å². The van der Waals surface area contributed by atoms with Crippen LogP contribution in [0.5, 0.6) is 0 Å². The van der Waals surface area contributed by atoms with Gasteiger partial charge in [0.2, 0.25) is 0 Å². The molecule has 5 N–H and O–H groups in total. The number of nitrogen functional groups attached to an aromatic ring is 2. The molecule has 0 amide bonds. The summed E-state index contributed by atoms with van der Waals surface area (Å²) in [6.07, 6.45) is 1.59. The van der Waals surface area contributed by atoms with E-state index in [1.54, 1.807) is 0 Å². The number of benzene rings is 2. The molecule has 0 fully saturated rings. The van der Waals surface area contributed by atoms with Gasteiger partial charge in [-0.15, -0.1) is 0 Å². The number of carbonyl (C=O) groups excluding carboxylic acids is 1. The highest BCUT2D eigenvalue weighted by atomic mass is 16.6. The number of carboxylic acid groups (broad SMARTS) is 1. The molecule has 0 aliphatic heterocycles. The Morgan fingerprint density at radius 2 is 1.33 bits per heavy atom. The summed E-state index contributed by atoms with van der Waals surface area (Å²) < 4.78 is 4.31. The summed E-state index contributed by atoms with van der Waals surface area (Å²) >= 11 is 0. The molecule has 0 spiro atoms. The van der Waals surface area contributed by atoms with Crippen LogP contribution in [0.2, 0.25) is 0 Å². The van der Waals surface area contributed by atoms with Gasteiger partial charge in [-0.05, 0) is 30.7 Å². The summed E-state index contributed by atoms with van der Waals surface area (Å²) in [4.78, 5) is 20.0. The van der Waals surface area contributed by atoms with Crippen molar-refractivity contribution in [1.82, 2.24) is 0 Å². The summed E-state index contributed by atoms with van der Waals surface area (Å²) in [5, 5.41) is 8.01. The highest BCUT2D eigenvalue weighted by Gasteiger charge is 2.11. The quantitative estimate of drug-likeness (QED) is 0.344. The lowest BCUT2D eigenvalue weighted by Gasteiger charge is -1.97. The fourth-order valence-corrected chi connectivity index (χ4v) is 1.28. The van der Waals surface area contributed by atoms with Gasteiger partial charge in [-0.1, -0.05) is 49.7 Å². The Labute approximate surface area is 142 Å². The van der Waals surface area contributed by atoms with E-state index in [1.165, 1.54) is 0 Å². The molecule has 2 rings (SSSR count). The highest BCUT2D eigenvalue weighted by Crippen LogP contribution is 1.96. The zero-order valence-electron chi connectivity index (χ0n) is 13.7. The lowest BCUT2D eigenvalue weighted by Crippen LogP contribution is -2.16. The minimum absolute atomic E-state index is 0.196. The molecule has 6 heteroatoms. The van der Waals surface area contributed by atoms with Crippen LogP contribution in [0.25, 0.3) is 0 Å². The molecule has 0 aromatic heterocycles. The molecule has 130 valence electrons.